The van der Waals surface area contributed by atoms with Crippen molar-refractivity contribution in [2.45, 2.75) is 32.0 Å². The number of ether oxygens (including phenoxy) is 2. The molecule has 1 aromatic rings. The molecule has 0 saturated carbocycles. The fourth-order valence-electron chi connectivity index (χ4n) is 3.59. The number of hydrogen-bond acceptors (Lipinski definition) is 5. The van der Waals surface area contributed by atoms with Gasteiger partial charge in [-0.1, -0.05) is 6.07 Å². The van der Waals surface area contributed by atoms with Crippen molar-refractivity contribution in [2.75, 3.05) is 32.6 Å². The number of hydrogen-bond donors (Lipinski definition) is 0. The van der Waals surface area contributed by atoms with Crippen LogP contribution in [0.5, 0.6) is 0 Å². The number of aromatic nitrogens is 1. The summed E-state index contributed by atoms with van der Waals surface area (Å²) < 4.78 is 37.3. The number of fused-ring (bicyclic) bond motifs is 1. The van der Waals surface area contributed by atoms with Crippen LogP contribution in [0.1, 0.15) is 25.0 Å². The minimum Gasteiger partial charge on any atom is -0.377 e. The zero-order chi connectivity index (χ0) is 16.3. The summed E-state index contributed by atoms with van der Waals surface area (Å²) in [7, 11) is -3.18. The molecule has 128 valence electrons. The molecule has 1 aromatic heterocycles. The van der Waals surface area contributed by atoms with Gasteiger partial charge in [0.25, 0.3) is 0 Å². The summed E-state index contributed by atoms with van der Waals surface area (Å²) in [6, 6.07) is 5.73. The van der Waals surface area contributed by atoms with E-state index in [2.05, 4.69) is 4.98 Å². The van der Waals surface area contributed by atoms with E-state index in [0.29, 0.717) is 26.3 Å². The van der Waals surface area contributed by atoms with Crippen LogP contribution in [0.4, 0.5) is 0 Å². The summed E-state index contributed by atoms with van der Waals surface area (Å²) in [5, 5.41) is 0. The van der Waals surface area contributed by atoms with Crippen LogP contribution in [0.3, 0.4) is 0 Å². The third kappa shape index (κ3) is 3.91. The number of piperidine rings is 1. The third-order valence-electron chi connectivity index (χ3n) is 4.79. The number of nitrogens with zero attached hydrogens (tertiary/aromatic N) is 2. The lowest BCUT2D eigenvalue weighted by molar-refractivity contribution is -0.144. The van der Waals surface area contributed by atoms with Crippen molar-refractivity contribution in [1.82, 2.24) is 9.29 Å². The number of rotatable bonds is 5. The van der Waals surface area contributed by atoms with Gasteiger partial charge in [0.1, 0.15) is 0 Å². The maximum atomic E-state index is 11.9. The Morgan fingerprint density at radius 3 is 3.09 bits per heavy atom. The Hall–Kier alpha value is -1.02. The molecule has 2 unspecified atom stereocenters. The molecular weight excluding hydrogens is 316 g/mol. The second-order valence-corrected chi connectivity index (χ2v) is 8.51. The van der Waals surface area contributed by atoms with Crippen molar-refractivity contribution >= 4 is 10.0 Å². The Kier molecular flexibility index (Phi) is 5.01. The van der Waals surface area contributed by atoms with Gasteiger partial charge >= 0.3 is 0 Å². The molecule has 2 aliphatic rings. The first-order valence-corrected chi connectivity index (χ1v) is 9.89. The standard InChI is InChI=1S/C16H24N2O4S/c1-23(19,20)18-9-6-15-16(12-18,7-4-10-22-15)13-21-11-14-5-2-3-8-17-14/h2-3,5,8,15H,4,6-7,9-13H2,1H3. The van der Waals surface area contributed by atoms with Gasteiger partial charge in [0.05, 0.1) is 31.3 Å². The fourth-order valence-corrected chi connectivity index (χ4v) is 4.51. The van der Waals surface area contributed by atoms with Crippen molar-refractivity contribution in [3.63, 3.8) is 0 Å². The SMILES string of the molecule is CS(=O)(=O)N1CCC2OCCCC2(COCc2ccccn2)C1. The molecule has 3 heterocycles. The minimum absolute atomic E-state index is 0.0815. The Morgan fingerprint density at radius 2 is 2.35 bits per heavy atom. The van der Waals surface area contributed by atoms with Crippen LogP contribution < -0.4 is 0 Å². The van der Waals surface area contributed by atoms with Gasteiger partial charge in [-0.25, -0.2) is 12.7 Å². The normalized spacial score (nSPS) is 29.2. The average Bonchev–Trinajstić information content (AvgIpc) is 2.54. The highest BCUT2D eigenvalue weighted by atomic mass is 32.2. The minimum atomic E-state index is -3.18. The van der Waals surface area contributed by atoms with Gasteiger partial charge in [-0.3, -0.25) is 4.98 Å². The van der Waals surface area contributed by atoms with Gasteiger partial charge in [-0.15, -0.1) is 0 Å². The summed E-state index contributed by atoms with van der Waals surface area (Å²) in [6.45, 7) is 2.71. The van der Waals surface area contributed by atoms with Crippen molar-refractivity contribution in [3.05, 3.63) is 30.1 Å². The molecule has 7 heteroatoms. The van der Waals surface area contributed by atoms with Crippen LogP contribution in [-0.2, 0) is 26.1 Å². The molecule has 3 rings (SSSR count). The molecule has 0 aromatic carbocycles. The van der Waals surface area contributed by atoms with Crippen molar-refractivity contribution in [3.8, 4) is 0 Å². The molecule has 2 saturated heterocycles. The fraction of sp³-hybridized carbons (Fsp3) is 0.688. The molecule has 23 heavy (non-hydrogen) atoms. The van der Waals surface area contributed by atoms with E-state index in [1.807, 2.05) is 18.2 Å². The quantitative estimate of drug-likeness (QED) is 0.811. The first kappa shape index (κ1) is 16.8. The smallest absolute Gasteiger partial charge is 0.211 e. The van der Waals surface area contributed by atoms with E-state index in [0.717, 1.165) is 31.6 Å². The lowest BCUT2D eigenvalue weighted by Gasteiger charge is -2.49. The first-order valence-electron chi connectivity index (χ1n) is 8.04. The third-order valence-corrected chi connectivity index (χ3v) is 6.04. The van der Waals surface area contributed by atoms with Crippen molar-refractivity contribution in [2.24, 2.45) is 5.41 Å². The predicted molar refractivity (Wildman–Crippen MR) is 86.3 cm³/mol. The molecule has 2 fully saturated rings. The van der Waals surface area contributed by atoms with Gasteiger partial charge < -0.3 is 9.47 Å². The first-order chi connectivity index (χ1) is 11.0. The lowest BCUT2D eigenvalue weighted by atomic mass is 9.73. The Bertz CT molecular complexity index is 622. The molecule has 6 nitrogen and oxygen atoms in total. The molecule has 2 aliphatic heterocycles. The molecule has 0 aliphatic carbocycles. The highest BCUT2D eigenvalue weighted by Crippen LogP contribution is 2.41. The zero-order valence-corrected chi connectivity index (χ0v) is 14.3. The van der Waals surface area contributed by atoms with E-state index in [9.17, 15) is 8.42 Å². The molecule has 0 N–H and O–H groups in total. The van der Waals surface area contributed by atoms with E-state index < -0.39 is 10.0 Å². The molecule has 0 amide bonds. The summed E-state index contributed by atoms with van der Waals surface area (Å²) >= 11 is 0. The predicted octanol–water partition coefficient (Wildman–Crippen LogP) is 1.43. The average molecular weight is 340 g/mol. The van der Waals surface area contributed by atoms with Crippen LogP contribution >= 0.6 is 0 Å². The molecule has 0 spiro atoms. The van der Waals surface area contributed by atoms with E-state index in [1.54, 1.807) is 10.5 Å². The highest BCUT2D eigenvalue weighted by Gasteiger charge is 2.47. The highest BCUT2D eigenvalue weighted by molar-refractivity contribution is 7.88. The van der Waals surface area contributed by atoms with Crippen LogP contribution in [0.2, 0.25) is 0 Å². The topological polar surface area (TPSA) is 68.7 Å². The van der Waals surface area contributed by atoms with E-state index >= 15 is 0 Å². The maximum absolute atomic E-state index is 11.9. The molecular formula is C16H24N2O4S. The summed E-state index contributed by atoms with van der Waals surface area (Å²) in [5.41, 5.74) is 0.641. The second-order valence-electron chi connectivity index (χ2n) is 6.52. The number of pyridine rings is 1. The van der Waals surface area contributed by atoms with Gasteiger partial charge in [-0.05, 0) is 31.4 Å². The maximum Gasteiger partial charge on any atom is 0.211 e. The van der Waals surface area contributed by atoms with Crippen LogP contribution in [-0.4, -0.2) is 56.4 Å². The zero-order valence-electron chi connectivity index (χ0n) is 13.5. The molecule has 0 bridgehead atoms. The Labute approximate surface area is 137 Å². The van der Waals surface area contributed by atoms with Crippen molar-refractivity contribution in [1.29, 1.82) is 0 Å². The van der Waals surface area contributed by atoms with Crippen molar-refractivity contribution < 1.29 is 17.9 Å². The van der Waals surface area contributed by atoms with Gasteiger partial charge in [0, 0.05) is 31.3 Å². The number of sulfonamides is 1. The van der Waals surface area contributed by atoms with Gasteiger partial charge in [-0.2, -0.15) is 0 Å². The van der Waals surface area contributed by atoms with Gasteiger partial charge in [0.2, 0.25) is 10.0 Å². The van der Waals surface area contributed by atoms with Crippen LogP contribution in [0.25, 0.3) is 0 Å². The Morgan fingerprint density at radius 1 is 1.48 bits per heavy atom. The van der Waals surface area contributed by atoms with E-state index in [1.165, 1.54) is 6.26 Å². The largest absolute Gasteiger partial charge is 0.377 e. The second kappa shape index (κ2) is 6.84. The Balaban J connectivity index is 1.68. The van der Waals surface area contributed by atoms with Crippen LogP contribution in [0, 0.1) is 5.41 Å². The van der Waals surface area contributed by atoms with Gasteiger partial charge in [0.15, 0.2) is 0 Å². The molecule has 2 atom stereocenters. The lowest BCUT2D eigenvalue weighted by Crippen LogP contribution is -2.57. The van der Waals surface area contributed by atoms with Crippen LogP contribution in [0.15, 0.2) is 24.4 Å². The molecule has 0 radical (unpaired) electrons. The van der Waals surface area contributed by atoms with E-state index in [4.69, 9.17) is 9.47 Å². The monoisotopic (exact) mass is 340 g/mol. The summed E-state index contributed by atoms with van der Waals surface area (Å²) in [5.74, 6) is 0. The summed E-state index contributed by atoms with van der Waals surface area (Å²) in [6.07, 6.45) is 5.72. The van der Waals surface area contributed by atoms with E-state index in [-0.39, 0.29) is 11.5 Å². The summed E-state index contributed by atoms with van der Waals surface area (Å²) in [4.78, 5) is 4.25.